The summed E-state index contributed by atoms with van der Waals surface area (Å²) < 4.78 is 2.25. The minimum atomic E-state index is -0.0305. The summed E-state index contributed by atoms with van der Waals surface area (Å²) in [7, 11) is 1.75. The summed E-state index contributed by atoms with van der Waals surface area (Å²) in [6.45, 7) is 2.66. The molecule has 0 bridgehead atoms. The average Bonchev–Trinajstić information content (AvgIpc) is 3.09. The van der Waals surface area contributed by atoms with Gasteiger partial charge in [-0.3, -0.25) is 14.3 Å². The molecule has 1 N–H and O–H groups in total. The molecule has 0 saturated heterocycles. The molecule has 0 amide bonds. The van der Waals surface area contributed by atoms with Gasteiger partial charge in [0, 0.05) is 30.9 Å². The number of aromatic nitrogens is 3. The normalized spacial score (nSPS) is 11.0. The zero-order chi connectivity index (χ0) is 18.1. The lowest BCUT2D eigenvalue weighted by Gasteiger charge is -2.09. The molecule has 3 aromatic heterocycles. The Morgan fingerprint density at radius 1 is 1.15 bits per heavy atom. The van der Waals surface area contributed by atoms with Crippen molar-refractivity contribution in [2.24, 2.45) is 7.05 Å². The fourth-order valence-corrected chi connectivity index (χ4v) is 4.04. The Labute approximate surface area is 155 Å². The van der Waals surface area contributed by atoms with Crippen LogP contribution in [0.5, 0.6) is 0 Å². The number of nitrogens with one attached hydrogen (secondary N) is 1. The van der Waals surface area contributed by atoms with Crippen LogP contribution in [0.3, 0.4) is 0 Å². The lowest BCUT2D eigenvalue weighted by molar-refractivity contribution is 0.840. The molecule has 6 heteroatoms. The van der Waals surface area contributed by atoms with Crippen molar-refractivity contribution >= 4 is 27.5 Å². The fraction of sp³-hybridized carbons (Fsp3) is 0.150. The van der Waals surface area contributed by atoms with Gasteiger partial charge in [0.15, 0.2) is 0 Å². The van der Waals surface area contributed by atoms with Crippen LogP contribution in [-0.2, 0) is 13.6 Å². The molecule has 130 valence electrons. The van der Waals surface area contributed by atoms with Crippen molar-refractivity contribution in [1.29, 1.82) is 0 Å². The molecular formula is C20H18N4OS. The Kier molecular flexibility index (Phi) is 4.26. The maximum Gasteiger partial charge on any atom is 0.272 e. The third kappa shape index (κ3) is 2.99. The van der Waals surface area contributed by atoms with Gasteiger partial charge in [0.05, 0.1) is 5.52 Å². The quantitative estimate of drug-likeness (QED) is 0.597. The summed E-state index contributed by atoms with van der Waals surface area (Å²) in [5.74, 6) is 0.563. The highest BCUT2D eigenvalue weighted by Crippen LogP contribution is 2.33. The maximum atomic E-state index is 12.8. The lowest BCUT2D eigenvalue weighted by atomic mass is 10.1. The molecule has 0 unspecified atom stereocenters. The average molecular weight is 362 g/mol. The zero-order valence-electron chi connectivity index (χ0n) is 14.6. The van der Waals surface area contributed by atoms with Crippen molar-refractivity contribution in [3.63, 3.8) is 0 Å². The molecule has 4 rings (SSSR count). The molecule has 0 fully saturated rings. The van der Waals surface area contributed by atoms with Crippen molar-refractivity contribution in [3.8, 4) is 10.4 Å². The highest BCUT2D eigenvalue weighted by atomic mass is 32.1. The minimum Gasteiger partial charge on any atom is -0.351 e. The fourth-order valence-electron chi connectivity index (χ4n) is 2.88. The first-order valence-corrected chi connectivity index (χ1v) is 9.14. The number of fused-ring (bicyclic) bond motifs is 1. The van der Waals surface area contributed by atoms with Gasteiger partial charge in [-0.15, -0.1) is 11.3 Å². The predicted molar refractivity (Wildman–Crippen MR) is 107 cm³/mol. The number of benzene rings is 1. The molecule has 0 aliphatic rings. The number of anilines is 1. The van der Waals surface area contributed by atoms with E-state index in [0.717, 1.165) is 21.5 Å². The second-order valence-electron chi connectivity index (χ2n) is 6.15. The van der Waals surface area contributed by atoms with Crippen LogP contribution < -0.4 is 10.9 Å². The van der Waals surface area contributed by atoms with E-state index in [4.69, 9.17) is 0 Å². The first kappa shape index (κ1) is 16.5. The van der Waals surface area contributed by atoms with Crippen LogP contribution in [0.4, 0.5) is 5.95 Å². The van der Waals surface area contributed by atoms with Crippen molar-refractivity contribution in [1.82, 2.24) is 14.5 Å². The van der Waals surface area contributed by atoms with E-state index in [2.05, 4.69) is 34.3 Å². The van der Waals surface area contributed by atoms with Gasteiger partial charge in [-0.25, -0.2) is 4.98 Å². The smallest absolute Gasteiger partial charge is 0.272 e. The van der Waals surface area contributed by atoms with Crippen LogP contribution in [0.25, 0.3) is 20.7 Å². The topological polar surface area (TPSA) is 59.8 Å². The molecule has 0 aliphatic carbocycles. The van der Waals surface area contributed by atoms with Crippen molar-refractivity contribution in [2.45, 2.75) is 13.5 Å². The molecule has 0 radical (unpaired) electrons. The first-order valence-electron chi connectivity index (χ1n) is 8.33. The molecule has 0 spiro atoms. The lowest BCUT2D eigenvalue weighted by Crippen LogP contribution is -2.21. The molecule has 4 aromatic rings. The number of rotatable bonds is 4. The molecule has 0 saturated carbocycles. The minimum absolute atomic E-state index is 0.0305. The van der Waals surface area contributed by atoms with Gasteiger partial charge in [-0.05, 0) is 41.8 Å². The van der Waals surface area contributed by atoms with Gasteiger partial charge in [0.2, 0.25) is 5.95 Å². The molecular weight excluding hydrogens is 344 g/mol. The highest BCUT2D eigenvalue weighted by Gasteiger charge is 2.13. The van der Waals surface area contributed by atoms with E-state index in [0.29, 0.717) is 17.2 Å². The third-order valence-corrected chi connectivity index (χ3v) is 5.51. The van der Waals surface area contributed by atoms with Gasteiger partial charge in [-0.1, -0.05) is 24.3 Å². The second-order valence-corrected chi connectivity index (χ2v) is 7.20. The largest absolute Gasteiger partial charge is 0.351 e. The summed E-state index contributed by atoms with van der Waals surface area (Å²) >= 11 is 1.50. The molecule has 5 nitrogen and oxygen atoms in total. The first-order chi connectivity index (χ1) is 12.6. The van der Waals surface area contributed by atoms with Crippen molar-refractivity contribution in [3.05, 3.63) is 76.3 Å². The van der Waals surface area contributed by atoms with E-state index in [9.17, 15) is 4.79 Å². The second kappa shape index (κ2) is 6.72. The number of thiophene rings is 1. The monoisotopic (exact) mass is 362 g/mol. The summed E-state index contributed by atoms with van der Waals surface area (Å²) in [5.41, 5.74) is 4.11. The molecule has 1 aromatic carbocycles. The molecule has 26 heavy (non-hydrogen) atoms. The van der Waals surface area contributed by atoms with Gasteiger partial charge in [0.25, 0.3) is 5.56 Å². The number of nitrogens with zero attached hydrogens (tertiary/aromatic N) is 3. The Hall–Kier alpha value is -2.99. The molecule has 3 heterocycles. The van der Waals surface area contributed by atoms with Gasteiger partial charge in [-0.2, -0.15) is 0 Å². The SMILES string of the molecule is Cc1ccccc1-c1cc2nc(NCc3ccncc3)n(C)c(=O)c2s1. The standard InChI is InChI=1S/C20H18N4OS/c1-13-5-3-4-6-15(13)17-11-16-18(26-17)19(25)24(2)20(23-16)22-12-14-7-9-21-10-8-14/h3-11H,12H2,1-2H3,(H,22,23). The molecule has 0 aliphatic heterocycles. The van der Waals surface area contributed by atoms with E-state index in [1.54, 1.807) is 24.0 Å². The van der Waals surface area contributed by atoms with E-state index in [-0.39, 0.29) is 5.56 Å². The van der Waals surface area contributed by atoms with Gasteiger partial charge >= 0.3 is 0 Å². The van der Waals surface area contributed by atoms with Crippen molar-refractivity contribution < 1.29 is 0 Å². The third-order valence-electron chi connectivity index (χ3n) is 4.37. The number of hydrogen-bond acceptors (Lipinski definition) is 5. The Morgan fingerprint density at radius 3 is 2.69 bits per heavy atom. The van der Waals surface area contributed by atoms with E-state index in [1.807, 2.05) is 30.3 Å². The van der Waals surface area contributed by atoms with Gasteiger partial charge < -0.3 is 5.32 Å². The Balaban J connectivity index is 1.73. The van der Waals surface area contributed by atoms with E-state index < -0.39 is 0 Å². The van der Waals surface area contributed by atoms with Crippen LogP contribution in [0.2, 0.25) is 0 Å². The zero-order valence-corrected chi connectivity index (χ0v) is 15.4. The Bertz CT molecular complexity index is 1130. The Morgan fingerprint density at radius 2 is 1.92 bits per heavy atom. The van der Waals surface area contributed by atoms with Crippen molar-refractivity contribution in [2.75, 3.05) is 5.32 Å². The summed E-state index contributed by atoms with van der Waals surface area (Å²) in [6.07, 6.45) is 3.50. The van der Waals surface area contributed by atoms with Crippen LogP contribution >= 0.6 is 11.3 Å². The van der Waals surface area contributed by atoms with E-state index >= 15 is 0 Å². The summed E-state index contributed by atoms with van der Waals surface area (Å²) in [4.78, 5) is 22.5. The number of aryl methyl sites for hydroxylation is 1. The predicted octanol–water partition coefficient (Wildman–Crippen LogP) is 3.98. The van der Waals surface area contributed by atoms with Crippen LogP contribution in [0.15, 0.2) is 59.7 Å². The molecule has 0 atom stereocenters. The van der Waals surface area contributed by atoms with Crippen LogP contribution in [-0.4, -0.2) is 14.5 Å². The van der Waals surface area contributed by atoms with Crippen LogP contribution in [0.1, 0.15) is 11.1 Å². The number of hydrogen-bond donors (Lipinski definition) is 1. The maximum absolute atomic E-state index is 12.8. The summed E-state index contributed by atoms with van der Waals surface area (Å²) in [5, 5.41) is 3.25. The highest BCUT2D eigenvalue weighted by molar-refractivity contribution is 7.22. The summed E-state index contributed by atoms with van der Waals surface area (Å²) in [6, 6.07) is 14.1. The van der Waals surface area contributed by atoms with Gasteiger partial charge in [0.1, 0.15) is 4.70 Å². The number of pyridine rings is 1. The van der Waals surface area contributed by atoms with E-state index in [1.165, 1.54) is 16.9 Å². The van der Waals surface area contributed by atoms with Crippen LogP contribution in [0, 0.1) is 6.92 Å².